The van der Waals surface area contributed by atoms with E-state index in [1.807, 2.05) is 0 Å². The maximum absolute atomic E-state index is 3.72. The highest BCUT2D eigenvalue weighted by Gasteiger charge is 2.25. The van der Waals surface area contributed by atoms with Crippen molar-refractivity contribution < 1.29 is 0 Å². The van der Waals surface area contributed by atoms with E-state index < -0.39 is 0 Å². The minimum Gasteiger partial charge on any atom is -0.309 e. The number of hydrogen-bond acceptors (Lipinski definition) is 2. The predicted octanol–water partition coefficient (Wildman–Crippen LogP) is 4.89. The van der Waals surface area contributed by atoms with E-state index >= 15 is 0 Å². The van der Waals surface area contributed by atoms with Gasteiger partial charge in [-0.1, -0.05) is 44.0 Å². The van der Waals surface area contributed by atoms with E-state index in [9.17, 15) is 0 Å². The van der Waals surface area contributed by atoms with E-state index in [0.717, 1.165) is 17.7 Å². The number of nitrogens with one attached hydrogen (secondary N) is 1. The maximum Gasteiger partial charge on any atom is 0.0440 e. The largest absolute Gasteiger partial charge is 0.309 e. The molecule has 1 saturated heterocycles. The Hall–Kier alpha value is -0.470. The zero-order valence-electron chi connectivity index (χ0n) is 12.6. The van der Waals surface area contributed by atoms with Gasteiger partial charge in [0.05, 0.1) is 0 Å². The highest BCUT2D eigenvalue weighted by atomic mass is 32.2. The van der Waals surface area contributed by atoms with Gasteiger partial charge in [-0.05, 0) is 55.0 Å². The molecule has 0 spiro atoms. The molecule has 3 rings (SSSR count). The molecular formula is C18H27NS. The number of thioether (sulfide) groups is 1. The Morgan fingerprint density at radius 1 is 1.10 bits per heavy atom. The van der Waals surface area contributed by atoms with Crippen LogP contribution in [-0.2, 0) is 0 Å². The number of rotatable bonds is 5. The molecule has 1 aromatic carbocycles. The summed E-state index contributed by atoms with van der Waals surface area (Å²) in [6, 6.07) is 10.1. The van der Waals surface area contributed by atoms with Gasteiger partial charge in [0, 0.05) is 11.3 Å². The summed E-state index contributed by atoms with van der Waals surface area (Å²) in [4.78, 5) is 0. The molecule has 1 heterocycles. The first kappa shape index (κ1) is 14.5. The summed E-state index contributed by atoms with van der Waals surface area (Å²) in [7, 11) is 0. The van der Waals surface area contributed by atoms with E-state index in [0.29, 0.717) is 6.04 Å². The van der Waals surface area contributed by atoms with Crippen LogP contribution in [0.2, 0.25) is 0 Å². The Morgan fingerprint density at radius 2 is 1.90 bits per heavy atom. The summed E-state index contributed by atoms with van der Waals surface area (Å²) < 4.78 is 0. The lowest BCUT2D eigenvalue weighted by molar-refractivity contribution is 0.419. The molecule has 0 bridgehead atoms. The lowest BCUT2D eigenvalue weighted by Crippen LogP contribution is -2.31. The Bertz CT molecular complexity index is 404. The van der Waals surface area contributed by atoms with Crippen molar-refractivity contribution in [2.75, 3.05) is 12.3 Å². The monoisotopic (exact) mass is 289 g/mol. The van der Waals surface area contributed by atoms with Crippen molar-refractivity contribution in [2.24, 2.45) is 0 Å². The summed E-state index contributed by atoms with van der Waals surface area (Å²) in [6.07, 6.45) is 8.39. The first-order chi connectivity index (χ1) is 9.88. The fraction of sp³-hybridized carbons (Fsp3) is 0.667. The molecule has 2 aliphatic rings. The Kier molecular flexibility index (Phi) is 5.06. The van der Waals surface area contributed by atoms with Crippen LogP contribution >= 0.6 is 11.8 Å². The van der Waals surface area contributed by atoms with Crippen LogP contribution in [0.3, 0.4) is 0 Å². The van der Waals surface area contributed by atoms with Crippen molar-refractivity contribution in [1.82, 2.24) is 5.32 Å². The van der Waals surface area contributed by atoms with Crippen LogP contribution in [0, 0.1) is 0 Å². The zero-order chi connectivity index (χ0) is 13.8. The minimum atomic E-state index is 0.542. The third-order valence-electron chi connectivity index (χ3n) is 4.88. The molecule has 1 N–H and O–H groups in total. The third kappa shape index (κ3) is 3.23. The first-order valence-electron chi connectivity index (χ1n) is 8.33. The van der Waals surface area contributed by atoms with Gasteiger partial charge in [0.15, 0.2) is 0 Å². The van der Waals surface area contributed by atoms with Gasteiger partial charge in [0.2, 0.25) is 0 Å². The summed E-state index contributed by atoms with van der Waals surface area (Å²) in [5, 5.41) is 4.49. The highest BCUT2D eigenvalue weighted by molar-refractivity contribution is 8.00. The SMILES string of the molecule is CCNC(c1ccc(C2CCC2)cc1)C1CCCCS1. The number of hydrogen-bond donors (Lipinski definition) is 1. The summed E-state index contributed by atoms with van der Waals surface area (Å²) >= 11 is 2.17. The maximum atomic E-state index is 3.72. The van der Waals surface area contributed by atoms with Crippen LogP contribution in [0.1, 0.15) is 68.5 Å². The smallest absolute Gasteiger partial charge is 0.0440 e. The molecule has 1 saturated carbocycles. The lowest BCUT2D eigenvalue weighted by atomic mass is 9.79. The molecule has 2 unspecified atom stereocenters. The van der Waals surface area contributed by atoms with Gasteiger partial charge < -0.3 is 5.32 Å². The van der Waals surface area contributed by atoms with Crippen LogP contribution in [-0.4, -0.2) is 17.5 Å². The first-order valence-corrected chi connectivity index (χ1v) is 9.38. The highest BCUT2D eigenvalue weighted by Crippen LogP contribution is 2.38. The van der Waals surface area contributed by atoms with E-state index in [-0.39, 0.29) is 0 Å². The van der Waals surface area contributed by atoms with Crippen molar-refractivity contribution in [3.8, 4) is 0 Å². The molecule has 0 amide bonds. The second-order valence-electron chi connectivity index (χ2n) is 6.23. The van der Waals surface area contributed by atoms with Gasteiger partial charge in [0.25, 0.3) is 0 Å². The number of benzene rings is 1. The van der Waals surface area contributed by atoms with Gasteiger partial charge in [-0.25, -0.2) is 0 Å². The molecule has 1 aliphatic carbocycles. The zero-order valence-corrected chi connectivity index (χ0v) is 13.4. The van der Waals surface area contributed by atoms with Gasteiger partial charge in [-0.3, -0.25) is 0 Å². The van der Waals surface area contributed by atoms with Crippen LogP contribution < -0.4 is 5.32 Å². The molecule has 110 valence electrons. The standard InChI is InChI=1S/C18H27NS/c1-2-19-18(17-8-3-4-13-20-17)16-11-9-15(10-12-16)14-6-5-7-14/h9-12,14,17-19H,2-8,13H2,1H3. The van der Waals surface area contributed by atoms with Crippen molar-refractivity contribution >= 4 is 11.8 Å². The predicted molar refractivity (Wildman–Crippen MR) is 89.5 cm³/mol. The molecule has 20 heavy (non-hydrogen) atoms. The van der Waals surface area contributed by atoms with E-state index in [2.05, 4.69) is 48.3 Å². The molecule has 2 atom stereocenters. The Labute approximate surface area is 127 Å². The molecule has 0 aromatic heterocycles. The second kappa shape index (κ2) is 7.00. The van der Waals surface area contributed by atoms with Crippen molar-refractivity contribution in [3.63, 3.8) is 0 Å². The average molecular weight is 289 g/mol. The molecule has 1 nitrogen and oxygen atoms in total. The molecule has 2 fully saturated rings. The molecule has 1 aliphatic heterocycles. The van der Waals surface area contributed by atoms with Crippen LogP contribution in [0.15, 0.2) is 24.3 Å². The Balaban J connectivity index is 1.72. The van der Waals surface area contributed by atoms with Crippen molar-refractivity contribution in [1.29, 1.82) is 0 Å². The van der Waals surface area contributed by atoms with Gasteiger partial charge in [-0.15, -0.1) is 0 Å². The van der Waals surface area contributed by atoms with Gasteiger partial charge >= 0.3 is 0 Å². The van der Waals surface area contributed by atoms with E-state index in [4.69, 9.17) is 0 Å². The van der Waals surface area contributed by atoms with Crippen LogP contribution in [0.25, 0.3) is 0 Å². The normalized spacial score (nSPS) is 25.1. The minimum absolute atomic E-state index is 0.542. The third-order valence-corrected chi connectivity index (χ3v) is 6.34. The topological polar surface area (TPSA) is 12.0 Å². The molecule has 2 heteroatoms. The van der Waals surface area contributed by atoms with Gasteiger partial charge in [-0.2, -0.15) is 11.8 Å². The average Bonchev–Trinajstić information content (AvgIpc) is 2.45. The van der Waals surface area contributed by atoms with Crippen molar-refractivity contribution in [3.05, 3.63) is 35.4 Å². The Morgan fingerprint density at radius 3 is 2.45 bits per heavy atom. The van der Waals surface area contributed by atoms with Crippen molar-refractivity contribution in [2.45, 2.75) is 62.7 Å². The molecular weight excluding hydrogens is 262 g/mol. The van der Waals surface area contributed by atoms with Gasteiger partial charge in [0.1, 0.15) is 0 Å². The molecule has 0 radical (unpaired) electrons. The fourth-order valence-corrected chi connectivity index (χ4v) is 4.88. The van der Waals surface area contributed by atoms with E-state index in [1.54, 1.807) is 5.56 Å². The summed E-state index contributed by atoms with van der Waals surface area (Å²) in [5.41, 5.74) is 3.06. The summed E-state index contributed by atoms with van der Waals surface area (Å²) in [5.74, 6) is 2.19. The quantitative estimate of drug-likeness (QED) is 0.828. The van der Waals surface area contributed by atoms with Crippen LogP contribution in [0.4, 0.5) is 0 Å². The summed E-state index contributed by atoms with van der Waals surface area (Å²) in [6.45, 7) is 3.29. The second-order valence-corrected chi connectivity index (χ2v) is 7.58. The fourth-order valence-electron chi connectivity index (χ4n) is 3.43. The van der Waals surface area contributed by atoms with E-state index in [1.165, 1.54) is 49.8 Å². The lowest BCUT2D eigenvalue weighted by Gasteiger charge is -2.31. The molecule has 1 aromatic rings. The van der Waals surface area contributed by atoms with Crippen LogP contribution in [0.5, 0.6) is 0 Å².